The molecule has 3 aromatic carbocycles. The van der Waals surface area contributed by atoms with Crippen LogP contribution in [0.1, 0.15) is 34.6 Å². The first-order valence-electron chi connectivity index (χ1n) is 11.1. The minimum atomic E-state index is -0.796. The second-order valence-corrected chi connectivity index (χ2v) is 8.14. The summed E-state index contributed by atoms with van der Waals surface area (Å²) in [6, 6.07) is 19.4. The molecule has 0 bridgehead atoms. The predicted octanol–water partition coefficient (Wildman–Crippen LogP) is 4.35. The Morgan fingerprint density at radius 2 is 1.29 bits per heavy atom. The number of carbonyl (C=O) groups is 3. The lowest BCUT2D eigenvalue weighted by Crippen LogP contribution is -2.47. The highest BCUT2D eigenvalue weighted by molar-refractivity contribution is 6.10. The Kier molecular flexibility index (Phi) is 8.45. The second-order valence-electron chi connectivity index (χ2n) is 8.14. The summed E-state index contributed by atoms with van der Waals surface area (Å²) in [5.74, 6) is -0.0692. The number of ether oxygens (including phenoxy) is 2. The Balaban J connectivity index is 1.73. The zero-order valence-electron chi connectivity index (χ0n) is 20.1. The fraction of sp³-hybridized carbons (Fsp3) is 0.222. The molecule has 3 amide bonds. The van der Waals surface area contributed by atoms with E-state index in [0.717, 1.165) is 0 Å². The number of methoxy groups -OCH3 is 2. The number of anilines is 2. The van der Waals surface area contributed by atoms with Crippen LogP contribution in [0.15, 0.2) is 72.8 Å². The summed E-state index contributed by atoms with van der Waals surface area (Å²) < 4.78 is 10.3. The van der Waals surface area contributed by atoms with Crippen molar-refractivity contribution in [3.8, 4) is 11.5 Å². The minimum Gasteiger partial charge on any atom is -0.497 e. The number of hydrogen-bond acceptors (Lipinski definition) is 5. The number of nitrogens with one attached hydrogen (secondary N) is 3. The third kappa shape index (κ3) is 6.60. The molecule has 182 valence electrons. The molecule has 3 N–H and O–H groups in total. The van der Waals surface area contributed by atoms with E-state index in [0.29, 0.717) is 28.4 Å². The van der Waals surface area contributed by atoms with Gasteiger partial charge >= 0.3 is 0 Å². The molecule has 0 aromatic heterocycles. The zero-order valence-corrected chi connectivity index (χ0v) is 20.1. The molecule has 0 heterocycles. The fourth-order valence-corrected chi connectivity index (χ4v) is 3.38. The van der Waals surface area contributed by atoms with Crippen LogP contribution in [0.2, 0.25) is 0 Å². The van der Waals surface area contributed by atoms with Gasteiger partial charge in [0, 0.05) is 11.3 Å². The van der Waals surface area contributed by atoms with Crippen LogP contribution in [0.5, 0.6) is 11.5 Å². The van der Waals surface area contributed by atoms with Crippen molar-refractivity contribution in [3.05, 3.63) is 83.9 Å². The monoisotopic (exact) mass is 475 g/mol. The van der Waals surface area contributed by atoms with Gasteiger partial charge in [-0.2, -0.15) is 0 Å². The third-order valence-corrected chi connectivity index (χ3v) is 5.37. The molecule has 3 aromatic rings. The number of hydrogen-bond donors (Lipinski definition) is 3. The van der Waals surface area contributed by atoms with Crippen molar-refractivity contribution in [3.63, 3.8) is 0 Å². The number of carbonyl (C=O) groups excluding carboxylic acids is 3. The van der Waals surface area contributed by atoms with Crippen LogP contribution in [0.3, 0.4) is 0 Å². The van der Waals surface area contributed by atoms with Crippen LogP contribution in [0, 0.1) is 5.92 Å². The summed E-state index contributed by atoms with van der Waals surface area (Å²) in [7, 11) is 3.11. The van der Waals surface area contributed by atoms with Crippen molar-refractivity contribution in [2.24, 2.45) is 5.92 Å². The summed E-state index contributed by atoms with van der Waals surface area (Å²) in [4.78, 5) is 38.8. The van der Waals surface area contributed by atoms with Crippen molar-refractivity contribution in [1.29, 1.82) is 0 Å². The van der Waals surface area contributed by atoms with Crippen LogP contribution in [-0.2, 0) is 4.79 Å². The summed E-state index contributed by atoms with van der Waals surface area (Å²) in [5, 5.41) is 8.39. The van der Waals surface area contributed by atoms with Crippen LogP contribution in [0.25, 0.3) is 0 Å². The molecule has 0 aliphatic rings. The van der Waals surface area contributed by atoms with Gasteiger partial charge < -0.3 is 25.4 Å². The van der Waals surface area contributed by atoms with E-state index in [1.165, 1.54) is 0 Å². The maximum atomic E-state index is 13.1. The normalized spacial score (nSPS) is 11.3. The molecule has 0 fully saturated rings. The van der Waals surface area contributed by atoms with Gasteiger partial charge in [0.2, 0.25) is 5.91 Å². The molecule has 8 nitrogen and oxygen atoms in total. The highest BCUT2D eigenvalue weighted by atomic mass is 16.5. The Morgan fingerprint density at radius 1 is 0.714 bits per heavy atom. The van der Waals surface area contributed by atoms with Crippen molar-refractivity contribution in [2.75, 3.05) is 24.9 Å². The van der Waals surface area contributed by atoms with Gasteiger partial charge in [-0.1, -0.05) is 26.0 Å². The van der Waals surface area contributed by atoms with Gasteiger partial charge in [0.25, 0.3) is 11.8 Å². The van der Waals surface area contributed by atoms with Crippen LogP contribution < -0.4 is 25.4 Å². The molecule has 0 saturated carbocycles. The molecular weight excluding hydrogens is 446 g/mol. The molecule has 35 heavy (non-hydrogen) atoms. The lowest BCUT2D eigenvalue weighted by Gasteiger charge is -2.22. The highest BCUT2D eigenvalue weighted by Crippen LogP contribution is 2.20. The third-order valence-electron chi connectivity index (χ3n) is 5.37. The Bertz CT molecular complexity index is 1170. The molecule has 1 unspecified atom stereocenters. The average molecular weight is 476 g/mol. The van der Waals surface area contributed by atoms with Gasteiger partial charge in [-0.3, -0.25) is 14.4 Å². The standard InChI is InChI=1S/C27H29N3O5/c1-17(2)24(27(33)28-19-11-15-21(35-4)16-12-19)30-26(32)22-7-5-6-8-23(22)29-25(31)18-9-13-20(34-3)14-10-18/h5-17,24H,1-4H3,(H,28,33)(H,29,31)(H,30,32). The quantitative estimate of drug-likeness (QED) is 0.427. The number of para-hydroxylation sites is 1. The van der Waals surface area contributed by atoms with E-state index in [2.05, 4.69) is 16.0 Å². The van der Waals surface area contributed by atoms with E-state index in [9.17, 15) is 14.4 Å². The maximum Gasteiger partial charge on any atom is 0.255 e. The fourth-order valence-electron chi connectivity index (χ4n) is 3.38. The number of benzene rings is 3. The predicted molar refractivity (Wildman–Crippen MR) is 135 cm³/mol. The largest absolute Gasteiger partial charge is 0.497 e. The molecule has 0 radical (unpaired) electrons. The molecule has 3 rings (SSSR count). The summed E-state index contributed by atoms with van der Waals surface area (Å²) in [6.45, 7) is 3.69. The van der Waals surface area contributed by atoms with Gasteiger partial charge in [0.1, 0.15) is 17.5 Å². The molecule has 0 spiro atoms. The van der Waals surface area contributed by atoms with Gasteiger partial charge in [0.05, 0.1) is 25.5 Å². The first-order valence-corrected chi connectivity index (χ1v) is 11.1. The average Bonchev–Trinajstić information content (AvgIpc) is 2.87. The first-order chi connectivity index (χ1) is 16.8. The first kappa shape index (κ1) is 25.3. The Labute approximate surface area is 204 Å². The summed E-state index contributed by atoms with van der Waals surface area (Å²) in [5.41, 5.74) is 1.59. The van der Waals surface area contributed by atoms with Crippen LogP contribution in [0.4, 0.5) is 11.4 Å². The maximum absolute atomic E-state index is 13.1. The van der Waals surface area contributed by atoms with Crippen molar-refractivity contribution in [1.82, 2.24) is 5.32 Å². The van der Waals surface area contributed by atoms with Gasteiger partial charge in [-0.05, 0) is 66.6 Å². The molecule has 0 aliphatic heterocycles. The topological polar surface area (TPSA) is 106 Å². The van der Waals surface area contributed by atoms with E-state index in [4.69, 9.17) is 9.47 Å². The van der Waals surface area contributed by atoms with Gasteiger partial charge in [-0.15, -0.1) is 0 Å². The number of rotatable bonds is 9. The van der Waals surface area contributed by atoms with Crippen molar-refractivity contribution < 1.29 is 23.9 Å². The van der Waals surface area contributed by atoms with Crippen molar-refractivity contribution in [2.45, 2.75) is 19.9 Å². The molecule has 0 saturated heterocycles. The van der Waals surface area contributed by atoms with Gasteiger partial charge in [0.15, 0.2) is 0 Å². The molecule has 0 aliphatic carbocycles. The molecular formula is C27H29N3O5. The van der Waals surface area contributed by atoms with Crippen LogP contribution in [-0.4, -0.2) is 38.0 Å². The molecule has 8 heteroatoms. The second kappa shape index (κ2) is 11.7. The molecule has 1 atom stereocenters. The Morgan fingerprint density at radius 3 is 1.86 bits per heavy atom. The van der Waals surface area contributed by atoms with E-state index in [-0.39, 0.29) is 23.3 Å². The minimum absolute atomic E-state index is 0.182. The lowest BCUT2D eigenvalue weighted by molar-refractivity contribution is -0.118. The SMILES string of the molecule is COc1ccc(NC(=O)C(NC(=O)c2ccccc2NC(=O)c2ccc(OC)cc2)C(C)C)cc1. The lowest BCUT2D eigenvalue weighted by atomic mass is 10.0. The van der Waals surface area contributed by atoms with E-state index in [1.807, 2.05) is 13.8 Å². The van der Waals surface area contributed by atoms with E-state index in [1.54, 1.807) is 87.0 Å². The van der Waals surface area contributed by atoms with Crippen LogP contribution >= 0.6 is 0 Å². The van der Waals surface area contributed by atoms with E-state index >= 15 is 0 Å². The zero-order chi connectivity index (χ0) is 25.4. The summed E-state index contributed by atoms with van der Waals surface area (Å²) in [6.07, 6.45) is 0. The van der Waals surface area contributed by atoms with Gasteiger partial charge in [-0.25, -0.2) is 0 Å². The van der Waals surface area contributed by atoms with E-state index < -0.39 is 11.9 Å². The summed E-state index contributed by atoms with van der Waals surface area (Å²) >= 11 is 0. The van der Waals surface area contributed by atoms with Crippen molar-refractivity contribution >= 4 is 29.1 Å². The smallest absolute Gasteiger partial charge is 0.255 e. The Hall–Kier alpha value is -4.33. The number of amides is 3. The highest BCUT2D eigenvalue weighted by Gasteiger charge is 2.26.